The molecule has 6 nitrogen and oxygen atoms in total. The number of carbonyl (C=O) groups is 2. The van der Waals surface area contributed by atoms with Gasteiger partial charge in [-0.1, -0.05) is 13.8 Å². The molecule has 2 aromatic rings. The molecule has 2 aliphatic rings. The van der Waals surface area contributed by atoms with Gasteiger partial charge in [-0.2, -0.15) is 0 Å². The van der Waals surface area contributed by atoms with E-state index in [0.29, 0.717) is 48.1 Å². The van der Waals surface area contributed by atoms with Crippen LogP contribution in [0, 0.1) is 0 Å². The van der Waals surface area contributed by atoms with Crippen LogP contribution in [0.3, 0.4) is 0 Å². The maximum Gasteiger partial charge on any atom is 0.254 e. The maximum atomic E-state index is 12.5. The molecule has 42 heavy (non-hydrogen) atoms. The number of rotatable bonds is 10. The number of amides is 2. The van der Waals surface area contributed by atoms with Gasteiger partial charge in [0, 0.05) is 36.3 Å². The summed E-state index contributed by atoms with van der Waals surface area (Å²) in [5.74, 6) is 1.53. The number of hydrogen-bond donors (Lipinski definition) is 0. The lowest BCUT2D eigenvalue weighted by atomic mass is 9.98. The molecule has 0 fully saturated rings. The van der Waals surface area contributed by atoms with Gasteiger partial charge in [0.05, 0.1) is 12.7 Å². The van der Waals surface area contributed by atoms with E-state index in [1.807, 2.05) is 75.6 Å². The van der Waals surface area contributed by atoms with Gasteiger partial charge < -0.3 is 19.3 Å². The zero-order chi connectivity index (χ0) is 30.8. The van der Waals surface area contributed by atoms with Gasteiger partial charge in [0.2, 0.25) is 0 Å². The number of nitrogens with zero attached hydrogens (tertiary/aromatic N) is 2. The number of benzene rings is 2. The van der Waals surface area contributed by atoms with Gasteiger partial charge >= 0.3 is 0 Å². The molecule has 0 saturated heterocycles. The molecule has 2 aliphatic heterocycles. The molecule has 0 unspecified atom stereocenters. The minimum absolute atomic E-state index is 0.0794. The zero-order valence-corrected chi connectivity index (χ0v) is 25.7. The SMILES string of the molecule is CC/C(=C\F)COc1ccc2c(c1)CCN(C(C)C)C2=O.CC/C(=C\F)COc1ccc2c(c1)CCN(C(C)C)C2=O. The highest BCUT2D eigenvalue weighted by Gasteiger charge is 2.27. The van der Waals surface area contributed by atoms with Gasteiger partial charge in [0.25, 0.3) is 11.8 Å². The van der Waals surface area contributed by atoms with Crippen molar-refractivity contribution >= 4 is 11.8 Å². The van der Waals surface area contributed by atoms with Gasteiger partial charge in [0.15, 0.2) is 0 Å². The topological polar surface area (TPSA) is 59.1 Å². The van der Waals surface area contributed by atoms with Crippen molar-refractivity contribution in [3.63, 3.8) is 0 Å². The fourth-order valence-electron chi connectivity index (χ4n) is 4.90. The summed E-state index contributed by atoms with van der Waals surface area (Å²) < 4.78 is 36.2. The molecule has 0 bridgehead atoms. The fraction of sp³-hybridized carbons (Fsp3) is 0.471. The Balaban J connectivity index is 0.000000230. The van der Waals surface area contributed by atoms with Crippen LogP contribution in [0.1, 0.15) is 86.2 Å². The van der Waals surface area contributed by atoms with E-state index in [2.05, 4.69) is 0 Å². The van der Waals surface area contributed by atoms with E-state index in [9.17, 15) is 18.4 Å². The lowest BCUT2D eigenvalue weighted by Crippen LogP contribution is -2.42. The molecule has 228 valence electrons. The van der Waals surface area contributed by atoms with E-state index < -0.39 is 0 Å². The summed E-state index contributed by atoms with van der Waals surface area (Å²) >= 11 is 0. The summed E-state index contributed by atoms with van der Waals surface area (Å²) in [6.45, 7) is 13.8. The van der Waals surface area contributed by atoms with Crippen LogP contribution in [0.5, 0.6) is 11.5 Å². The normalized spacial score (nSPS) is 15.4. The Bertz CT molecular complexity index is 1200. The molecule has 0 radical (unpaired) electrons. The van der Waals surface area contributed by atoms with Gasteiger partial charge in [-0.3, -0.25) is 9.59 Å². The number of ether oxygens (including phenoxy) is 2. The minimum atomic E-state index is 0.0794. The average molecular weight is 583 g/mol. The van der Waals surface area contributed by atoms with Gasteiger partial charge in [-0.15, -0.1) is 0 Å². The largest absolute Gasteiger partial charge is 0.489 e. The number of fused-ring (bicyclic) bond motifs is 2. The van der Waals surface area contributed by atoms with E-state index in [1.54, 1.807) is 12.1 Å². The van der Waals surface area contributed by atoms with Crippen LogP contribution in [-0.2, 0) is 12.8 Å². The third kappa shape index (κ3) is 8.20. The number of carbonyl (C=O) groups excluding carboxylic acids is 2. The Morgan fingerprint density at radius 1 is 0.738 bits per heavy atom. The molecule has 0 saturated carbocycles. The predicted molar refractivity (Wildman–Crippen MR) is 163 cm³/mol. The Morgan fingerprint density at radius 2 is 1.12 bits per heavy atom. The van der Waals surface area contributed by atoms with Crippen molar-refractivity contribution in [3.8, 4) is 11.5 Å². The van der Waals surface area contributed by atoms with Crippen molar-refractivity contribution < 1.29 is 27.8 Å². The smallest absolute Gasteiger partial charge is 0.254 e. The van der Waals surface area contributed by atoms with E-state index in [-0.39, 0.29) is 37.1 Å². The standard InChI is InChI=1S/2C17H22FNO2/c2*1-4-13(10-18)11-21-15-5-6-16-14(9-15)7-8-19(12(2)3)17(16)20/h2*5-6,9-10,12H,4,7-8,11H2,1-3H3/b2*13-10+. The van der Waals surface area contributed by atoms with Crippen molar-refractivity contribution in [1.82, 2.24) is 9.80 Å². The van der Waals surface area contributed by atoms with Crippen molar-refractivity contribution in [2.45, 2.75) is 79.3 Å². The first-order valence-corrected chi connectivity index (χ1v) is 14.8. The Morgan fingerprint density at radius 3 is 1.43 bits per heavy atom. The molecule has 0 aromatic heterocycles. The fourth-order valence-corrected chi connectivity index (χ4v) is 4.90. The summed E-state index contributed by atoms with van der Waals surface area (Å²) in [4.78, 5) is 28.5. The number of hydrogen-bond acceptors (Lipinski definition) is 4. The van der Waals surface area contributed by atoms with Gasteiger partial charge in [0.1, 0.15) is 24.7 Å². The average Bonchev–Trinajstić information content (AvgIpc) is 2.98. The summed E-state index contributed by atoms with van der Waals surface area (Å²) in [7, 11) is 0. The molecule has 0 aliphatic carbocycles. The third-order valence-corrected chi connectivity index (χ3v) is 7.69. The molecule has 2 amide bonds. The predicted octanol–water partition coefficient (Wildman–Crippen LogP) is 7.47. The molecule has 4 rings (SSSR count). The molecule has 0 N–H and O–H groups in total. The monoisotopic (exact) mass is 582 g/mol. The van der Waals surface area contributed by atoms with E-state index in [0.717, 1.165) is 48.2 Å². The van der Waals surface area contributed by atoms with E-state index in [4.69, 9.17) is 9.47 Å². The molecule has 2 heterocycles. The molecular weight excluding hydrogens is 538 g/mol. The van der Waals surface area contributed by atoms with Crippen LogP contribution in [0.25, 0.3) is 0 Å². The van der Waals surface area contributed by atoms with Crippen LogP contribution in [0.15, 0.2) is 60.2 Å². The van der Waals surface area contributed by atoms with E-state index >= 15 is 0 Å². The second-order valence-electron chi connectivity index (χ2n) is 11.1. The number of halogens is 2. The molecule has 2 aromatic carbocycles. The Kier molecular flexibility index (Phi) is 12.1. The van der Waals surface area contributed by atoms with Crippen LogP contribution in [0.4, 0.5) is 8.78 Å². The van der Waals surface area contributed by atoms with Crippen molar-refractivity contribution in [1.29, 1.82) is 0 Å². The summed E-state index contributed by atoms with van der Waals surface area (Å²) in [6, 6.07) is 11.4. The molecule has 8 heteroatoms. The van der Waals surface area contributed by atoms with E-state index in [1.165, 1.54) is 0 Å². The van der Waals surface area contributed by atoms with Gasteiger partial charge in [-0.25, -0.2) is 8.78 Å². The summed E-state index contributed by atoms with van der Waals surface area (Å²) in [6.07, 6.45) is 4.11. The first-order chi connectivity index (χ1) is 20.1. The third-order valence-electron chi connectivity index (χ3n) is 7.69. The minimum Gasteiger partial charge on any atom is -0.489 e. The lowest BCUT2D eigenvalue weighted by molar-refractivity contribution is 0.0680. The Labute approximate surface area is 249 Å². The molecule has 0 atom stereocenters. The van der Waals surface area contributed by atoms with Crippen LogP contribution < -0.4 is 9.47 Å². The van der Waals surface area contributed by atoms with Crippen LogP contribution >= 0.6 is 0 Å². The highest BCUT2D eigenvalue weighted by molar-refractivity contribution is 5.97. The Hall–Kier alpha value is -3.68. The lowest BCUT2D eigenvalue weighted by Gasteiger charge is -2.32. The molecular formula is C34H44F2N2O4. The summed E-state index contributed by atoms with van der Waals surface area (Å²) in [5, 5.41) is 0. The second kappa shape index (κ2) is 15.5. The van der Waals surface area contributed by atoms with Crippen LogP contribution in [0.2, 0.25) is 0 Å². The second-order valence-corrected chi connectivity index (χ2v) is 11.1. The highest BCUT2D eigenvalue weighted by Crippen LogP contribution is 2.27. The van der Waals surface area contributed by atoms with Crippen LogP contribution in [-0.4, -0.2) is 60.0 Å². The first-order valence-electron chi connectivity index (χ1n) is 14.8. The first kappa shape index (κ1) is 32.8. The van der Waals surface area contributed by atoms with Crippen molar-refractivity contribution in [3.05, 3.63) is 82.5 Å². The maximum absolute atomic E-state index is 12.5. The quantitative estimate of drug-likeness (QED) is 0.292. The van der Waals surface area contributed by atoms with Crippen molar-refractivity contribution in [2.75, 3.05) is 26.3 Å². The zero-order valence-electron chi connectivity index (χ0n) is 25.7. The summed E-state index contributed by atoms with van der Waals surface area (Å²) in [5.41, 5.74) is 4.76. The van der Waals surface area contributed by atoms with Gasteiger partial charge in [-0.05, 0) is 112 Å². The molecule has 0 spiro atoms. The highest BCUT2D eigenvalue weighted by atomic mass is 19.1. The van der Waals surface area contributed by atoms with Crippen molar-refractivity contribution in [2.24, 2.45) is 0 Å².